The molecule has 0 unspecified atom stereocenters. The Kier molecular flexibility index (Phi) is 5.05. The molecule has 3 aromatic rings. The van der Waals surface area contributed by atoms with Gasteiger partial charge >= 0.3 is 11.7 Å². The van der Waals surface area contributed by atoms with Crippen LogP contribution >= 0.6 is 0 Å². The number of rotatable bonds is 5. The maximum Gasteiger partial charge on any atom is 0.333 e. The molecule has 0 fully saturated rings. The molecule has 1 atom stereocenters. The van der Waals surface area contributed by atoms with E-state index >= 15 is 0 Å². The van der Waals surface area contributed by atoms with Crippen LogP contribution in [0.3, 0.4) is 0 Å². The fourth-order valence-electron chi connectivity index (χ4n) is 3.12. The van der Waals surface area contributed by atoms with Crippen LogP contribution in [0.1, 0.15) is 5.56 Å². The molecule has 0 bridgehead atoms. The third-order valence-electron chi connectivity index (χ3n) is 4.71. The lowest BCUT2D eigenvalue weighted by Crippen LogP contribution is -2.33. The number of hydrogen-bond acceptors (Lipinski definition) is 5. The third-order valence-corrected chi connectivity index (χ3v) is 4.71. The zero-order valence-corrected chi connectivity index (χ0v) is 16.0. The molecular weight excluding hydrogens is 344 g/mol. The molecule has 2 aromatic carbocycles. The van der Waals surface area contributed by atoms with Gasteiger partial charge in [-0.25, -0.2) is 4.79 Å². The Morgan fingerprint density at radius 2 is 1.81 bits per heavy atom. The summed E-state index contributed by atoms with van der Waals surface area (Å²) in [5.41, 5.74) is 10.1. The minimum absolute atomic E-state index is 0.111. The van der Waals surface area contributed by atoms with Crippen molar-refractivity contribution in [1.29, 1.82) is 0 Å². The average molecular weight is 368 g/mol. The van der Waals surface area contributed by atoms with Crippen molar-refractivity contribution in [2.45, 2.75) is 12.5 Å². The van der Waals surface area contributed by atoms with Crippen LogP contribution < -0.4 is 16.3 Å². The highest BCUT2D eigenvalue weighted by atomic mass is 16.5. The molecule has 0 saturated carbocycles. The highest BCUT2D eigenvalue weighted by molar-refractivity contribution is 5.82. The van der Waals surface area contributed by atoms with E-state index < -0.39 is 12.0 Å². The van der Waals surface area contributed by atoms with Crippen molar-refractivity contribution in [3.05, 3.63) is 58.5 Å². The normalized spacial score (nSPS) is 12.2. The number of carbonyl (C=O) groups is 1. The lowest BCUT2D eigenvalue weighted by molar-refractivity contribution is -0.142. The molecular formula is C20H24N4O3. The SMILES string of the molecule is COC(=O)[C@@H](N)Cc1ccc(-n2c(=O)n(C)c3cc(N(C)C)ccc32)cc1. The summed E-state index contributed by atoms with van der Waals surface area (Å²) in [4.78, 5) is 26.3. The standard InChI is InChI=1S/C20H24N4O3/c1-22(2)15-9-10-17-18(12-15)23(3)20(26)24(17)14-7-5-13(6-8-14)11-16(21)19(25)27-4/h5-10,12,16H,11,21H2,1-4H3/t16-/m0/s1. The summed E-state index contributed by atoms with van der Waals surface area (Å²) < 4.78 is 7.98. The third kappa shape index (κ3) is 3.46. The summed E-state index contributed by atoms with van der Waals surface area (Å²) in [6.45, 7) is 0. The number of carbonyl (C=O) groups excluding carboxylic acids is 1. The van der Waals surface area contributed by atoms with Gasteiger partial charge in [0.25, 0.3) is 0 Å². The van der Waals surface area contributed by atoms with Gasteiger partial charge in [-0.15, -0.1) is 0 Å². The number of nitrogens with zero attached hydrogens (tertiary/aromatic N) is 3. The Labute approximate surface area is 157 Å². The zero-order valence-electron chi connectivity index (χ0n) is 16.0. The molecule has 0 aliphatic carbocycles. The van der Waals surface area contributed by atoms with E-state index in [1.165, 1.54) is 7.11 Å². The molecule has 0 amide bonds. The van der Waals surface area contributed by atoms with Gasteiger partial charge in [0.1, 0.15) is 6.04 Å². The van der Waals surface area contributed by atoms with Gasteiger partial charge in [-0.2, -0.15) is 0 Å². The molecule has 0 aliphatic heterocycles. The van der Waals surface area contributed by atoms with E-state index in [9.17, 15) is 9.59 Å². The van der Waals surface area contributed by atoms with Crippen molar-refractivity contribution in [3.63, 3.8) is 0 Å². The number of imidazole rings is 1. The van der Waals surface area contributed by atoms with Gasteiger partial charge in [-0.05, 0) is 42.3 Å². The average Bonchev–Trinajstić information content (AvgIpc) is 2.92. The van der Waals surface area contributed by atoms with Crippen molar-refractivity contribution in [3.8, 4) is 5.69 Å². The van der Waals surface area contributed by atoms with E-state index in [0.29, 0.717) is 6.42 Å². The number of fused-ring (bicyclic) bond motifs is 1. The van der Waals surface area contributed by atoms with Gasteiger partial charge in [0.15, 0.2) is 0 Å². The topological polar surface area (TPSA) is 82.5 Å². The van der Waals surface area contributed by atoms with Gasteiger partial charge in [0, 0.05) is 26.8 Å². The summed E-state index contributed by atoms with van der Waals surface area (Å²) in [6.07, 6.45) is 0.379. The highest BCUT2D eigenvalue weighted by Crippen LogP contribution is 2.22. The molecule has 0 aliphatic rings. The molecule has 7 nitrogen and oxygen atoms in total. The fraction of sp³-hybridized carbons (Fsp3) is 0.300. The van der Waals surface area contributed by atoms with E-state index in [1.54, 1.807) is 16.2 Å². The predicted octanol–water partition coefficient (Wildman–Crippen LogP) is 1.44. The first-order valence-corrected chi connectivity index (χ1v) is 8.65. The molecule has 7 heteroatoms. The van der Waals surface area contributed by atoms with Gasteiger partial charge < -0.3 is 15.4 Å². The monoisotopic (exact) mass is 368 g/mol. The Balaban J connectivity index is 1.99. The number of methoxy groups -OCH3 is 1. The maximum absolute atomic E-state index is 12.8. The van der Waals surface area contributed by atoms with Crippen LogP contribution in [-0.4, -0.2) is 42.4 Å². The molecule has 3 rings (SSSR count). The summed E-state index contributed by atoms with van der Waals surface area (Å²) in [5, 5.41) is 0. The Morgan fingerprint density at radius 3 is 2.41 bits per heavy atom. The quantitative estimate of drug-likeness (QED) is 0.689. The molecule has 0 saturated heterocycles. The van der Waals surface area contributed by atoms with Crippen LogP contribution in [0, 0.1) is 0 Å². The van der Waals surface area contributed by atoms with Gasteiger partial charge in [0.2, 0.25) is 0 Å². The van der Waals surface area contributed by atoms with Gasteiger partial charge in [0.05, 0.1) is 23.8 Å². The minimum Gasteiger partial charge on any atom is -0.468 e. The van der Waals surface area contributed by atoms with Crippen LogP contribution in [0.4, 0.5) is 5.69 Å². The van der Waals surface area contributed by atoms with Crippen LogP contribution in [-0.2, 0) is 23.0 Å². The number of aromatic nitrogens is 2. The second kappa shape index (κ2) is 7.28. The van der Waals surface area contributed by atoms with E-state index in [0.717, 1.165) is 28.0 Å². The number of esters is 1. The summed E-state index contributed by atoms with van der Waals surface area (Å²) in [7, 11) is 7.02. The van der Waals surface area contributed by atoms with Gasteiger partial charge in [-0.1, -0.05) is 12.1 Å². The highest BCUT2D eigenvalue weighted by Gasteiger charge is 2.16. The Hall–Kier alpha value is -3.06. The first kappa shape index (κ1) is 18.7. The lowest BCUT2D eigenvalue weighted by Gasteiger charge is -2.12. The van der Waals surface area contributed by atoms with Crippen LogP contribution in [0.5, 0.6) is 0 Å². The van der Waals surface area contributed by atoms with Crippen LogP contribution in [0.2, 0.25) is 0 Å². The molecule has 1 aromatic heterocycles. The van der Waals surface area contributed by atoms with Crippen molar-refractivity contribution in [2.75, 3.05) is 26.1 Å². The van der Waals surface area contributed by atoms with Crippen molar-refractivity contribution < 1.29 is 9.53 Å². The number of ether oxygens (including phenoxy) is 1. The maximum atomic E-state index is 12.8. The first-order chi connectivity index (χ1) is 12.8. The number of aryl methyl sites for hydroxylation is 1. The Morgan fingerprint density at radius 1 is 1.15 bits per heavy atom. The van der Waals surface area contributed by atoms with Crippen molar-refractivity contribution in [2.24, 2.45) is 12.8 Å². The first-order valence-electron chi connectivity index (χ1n) is 8.65. The lowest BCUT2D eigenvalue weighted by atomic mass is 10.1. The number of anilines is 1. The van der Waals surface area contributed by atoms with Crippen LogP contribution in [0.25, 0.3) is 16.7 Å². The molecule has 27 heavy (non-hydrogen) atoms. The molecule has 142 valence electrons. The number of benzene rings is 2. The van der Waals surface area contributed by atoms with Crippen molar-refractivity contribution >= 4 is 22.7 Å². The van der Waals surface area contributed by atoms with Gasteiger partial charge in [-0.3, -0.25) is 13.9 Å². The smallest absolute Gasteiger partial charge is 0.333 e. The molecule has 2 N–H and O–H groups in total. The Bertz CT molecular complexity index is 1030. The molecule has 1 heterocycles. The largest absolute Gasteiger partial charge is 0.468 e. The second-order valence-electron chi connectivity index (χ2n) is 6.74. The number of hydrogen-bond donors (Lipinski definition) is 1. The minimum atomic E-state index is -0.703. The van der Waals surface area contributed by atoms with E-state index in [-0.39, 0.29) is 5.69 Å². The summed E-state index contributed by atoms with van der Waals surface area (Å²) in [5.74, 6) is -0.443. The zero-order chi connectivity index (χ0) is 19.7. The predicted molar refractivity (Wildman–Crippen MR) is 107 cm³/mol. The van der Waals surface area contributed by atoms with E-state index in [2.05, 4.69) is 4.74 Å². The van der Waals surface area contributed by atoms with E-state index in [4.69, 9.17) is 5.73 Å². The van der Waals surface area contributed by atoms with Crippen molar-refractivity contribution in [1.82, 2.24) is 9.13 Å². The second-order valence-corrected chi connectivity index (χ2v) is 6.74. The van der Waals surface area contributed by atoms with E-state index in [1.807, 2.05) is 61.5 Å². The fourth-order valence-corrected chi connectivity index (χ4v) is 3.12. The van der Waals surface area contributed by atoms with Crippen LogP contribution in [0.15, 0.2) is 47.3 Å². The number of nitrogens with two attached hydrogens (primary N) is 1. The summed E-state index contributed by atoms with van der Waals surface area (Å²) in [6, 6.07) is 12.7. The molecule has 0 spiro atoms. The molecule has 0 radical (unpaired) electrons. The summed E-state index contributed by atoms with van der Waals surface area (Å²) >= 11 is 0.